The Balaban J connectivity index is 0.000000313. The Morgan fingerprint density at radius 2 is 1.74 bits per heavy atom. The fourth-order valence-electron chi connectivity index (χ4n) is 4.25. The van der Waals surface area contributed by atoms with Gasteiger partial charge in [0.2, 0.25) is 0 Å². The number of carboxylic acids is 1. The molecule has 0 bridgehead atoms. The number of benzene rings is 1. The average molecular weight is 376 g/mol. The summed E-state index contributed by atoms with van der Waals surface area (Å²) in [6.07, 6.45) is 11.5. The van der Waals surface area contributed by atoms with Crippen molar-refractivity contribution in [1.82, 2.24) is 0 Å². The molecule has 0 aromatic heterocycles. The van der Waals surface area contributed by atoms with Crippen molar-refractivity contribution in [2.24, 2.45) is 11.7 Å². The van der Waals surface area contributed by atoms with Crippen molar-refractivity contribution in [3.8, 4) is 5.75 Å². The molecule has 0 saturated heterocycles. The van der Waals surface area contributed by atoms with Crippen LogP contribution in [-0.2, 0) is 4.79 Å². The molecule has 2 aliphatic carbocycles. The maximum absolute atomic E-state index is 10.8. The smallest absolute Gasteiger partial charge is 0.303 e. The SMILES string of the molecule is CC(C)Oc1ccc(C2CCCC(CC(=O)O)C2)cc1.NC1CCCCC1. The Bertz CT molecular complexity index is 549. The first-order valence-electron chi connectivity index (χ1n) is 10.7. The first-order valence-corrected chi connectivity index (χ1v) is 10.7. The number of carbonyl (C=O) groups is 1. The molecule has 1 aromatic carbocycles. The predicted molar refractivity (Wildman–Crippen MR) is 110 cm³/mol. The molecule has 2 fully saturated rings. The zero-order chi connectivity index (χ0) is 19.6. The van der Waals surface area contributed by atoms with Gasteiger partial charge < -0.3 is 15.6 Å². The lowest BCUT2D eigenvalue weighted by molar-refractivity contribution is -0.138. The molecule has 3 rings (SSSR count). The van der Waals surface area contributed by atoms with Crippen LogP contribution < -0.4 is 10.5 Å². The van der Waals surface area contributed by atoms with E-state index in [-0.39, 0.29) is 6.10 Å². The standard InChI is InChI=1S/C17H24O3.C6H13N/c1-12(2)20-16-8-6-14(7-9-16)15-5-3-4-13(10-15)11-17(18)19;7-6-4-2-1-3-5-6/h6-9,12-13,15H,3-5,10-11H2,1-2H3,(H,18,19);6H,1-5,7H2. The van der Waals surface area contributed by atoms with Crippen LogP contribution in [0.4, 0.5) is 0 Å². The van der Waals surface area contributed by atoms with Gasteiger partial charge in [0.25, 0.3) is 0 Å². The maximum Gasteiger partial charge on any atom is 0.303 e. The number of rotatable bonds is 5. The van der Waals surface area contributed by atoms with Crippen LogP contribution >= 0.6 is 0 Å². The van der Waals surface area contributed by atoms with Gasteiger partial charge >= 0.3 is 5.97 Å². The van der Waals surface area contributed by atoms with Gasteiger partial charge in [0.05, 0.1) is 6.10 Å². The molecule has 0 amide bonds. The molecule has 27 heavy (non-hydrogen) atoms. The van der Waals surface area contributed by atoms with Crippen LogP contribution in [0.15, 0.2) is 24.3 Å². The van der Waals surface area contributed by atoms with Gasteiger partial charge in [0, 0.05) is 12.5 Å². The van der Waals surface area contributed by atoms with Crippen LogP contribution in [0.5, 0.6) is 5.75 Å². The molecule has 4 heteroatoms. The van der Waals surface area contributed by atoms with Crippen LogP contribution in [0.25, 0.3) is 0 Å². The molecule has 4 nitrogen and oxygen atoms in total. The van der Waals surface area contributed by atoms with Crippen molar-refractivity contribution >= 4 is 5.97 Å². The monoisotopic (exact) mass is 375 g/mol. The zero-order valence-electron chi connectivity index (χ0n) is 17.0. The molecule has 2 unspecified atom stereocenters. The van der Waals surface area contributed by atoms with Crippen molar-refractivity contribution in [2.75, 3.05) is 0 Å². The number of aliphatic carboxylic acids is 1. The van der Waals surface area contributed by atoms with Crippen LogP contribution in [0, 0.1) is 5.92 Å². The van der Waals surface area contributed by atoms with E-state index in [4.69, 9.17) is 15.6 Å². The molecule has 0 spiro atoms. The van der Waals surface area contributed by atoms with Gasteiger partial charge in [-0.2, -0.15) is 0 Å². The van der Waals surface area contributed by atoms with Gasteiger partial charge in [0.1, 0.15) is 5.75 Å². The van der Waals surface area contributed by atoms with E-state index >= 15 is 0 Å². The predicted octanol–water partition coefficient (Wildman–Crippen LogP) is 5.50. The second-order valence-corrected chi connectivity index (χ2v) is 8.46. The quantitative estimate of drug-likeness (QED) is 0.713. The lowest BCUT2D eigenvalue weighted by Gasteiger charge is -2.28. The van der Waals surface area contributed by atoms with Gasteiger partial charge in [-0.05, 0) is 75.5 Å². The second-order valence-electron chi connectivity index (χ2n) is 8.46. The summed E-state index contributed by atoms with van der Waals surface area (Å²) < 4.78 is 5.65. The van der Waals surface area contributed by atoms with E-state index in [0.29, 0.717) is 24.3 Å². The lowest BCUT2D eigenvalue weighted by Crippen LogP contribution is -2.22. The van der Waals surface area contributed by atoms with Gasteiger partial charge in [-0.3, -0.25) is 4.79 Å². The third-order valence-electron chi connectivity index (χ3n) is 5.62. The number of ether oxygens (including phenoxy) is 1. The molecule has 2 saturated carbocycles. The Hall–Kier alpha value is -1.55. The molecule has 2 aliphatic rings. The molecule has 2 atom stereocenters. The minimum absolute atomic E-state index is 0.190. The van der Waals surface area contributed by atoms with E-state index in [1.807, 2.05) is 26.0 Å². The van der Waals surface area contributed by atoms with Crippen LogP contribution in [0.2, 0.25) is 0 Å². The van der Waals surface area contributed by atoms with Crippen molar-refractivity contribution in [2.45, 2.75) is 96.1 Å². The van der Waals surface area contributed by atoms with E-state index in [1.165, 1.54) is 44.1 Å². The third-order valence-corrected chi connectivity index (χ3v) is 5.62. The van der Waals surface area contributed by atoms with E-state index in [9.17, 15) is 4.79 Å². The summed E-state index contributed by atoms with van der Waals surface area (Å²) in [7, 11) is 0. The highest BCUT2D eigenvalue weighted by molar-refractivity contribution is 5.67. The maximum atomic E-state index is 10.8. The van der Waals surface area contributed by atoms with Crippen LogP contribution in [0.1, 0.15) is 89.5 Å². The van der Waals surface area contributed by atoms with E-state index < -0.39 is 5.97 Å². The summed E-state index contributed by atoms with van der Waals surface area (Å²) in [5.74, 6) is 1.07. The van der Waals surface area contributed by atoms with Gasteiger partial charge in [-0.25, -0.2) is 0 Å². The minimum Gasteiger partial charge on any atom is -0.491 e. The van der Waals surface area contributed by atoms with Gasteiger partial charge in [-0.15, -0.1) is 0 Å². The Labute approximate surface area is 164 Å². The normalized spacial score (nSPS) is 23.4. The Kier molecular flexibility index (Phi) is 9.12. The molecule has 3 N–H and O–H groups in total. The summed E-state index contributed by atoms with van der Waals surface area (Å²) in [6, 6.07) is 8.84. The fourth-order valence-corrected chi connectivity index (χ4v) is 4.25. The van der Waals surface area contributed by atoms with Crippen molar-refractivity contribution in [3.05, 3.63) is 29.8 Å². The highest BCUT2D eigenvalue weighted by Crippen LogP contribution is 2.38. The molecule has 0 heterocycles. The number of hydrogen-bond acceptors (Lipinski definition) is 3. The fraction of sp³-hybridized carbons (Fsp3) is 0.696. The first kappa shape index (κ1) is 21.7. The largest absolute Gasteiger partial charge is 0.491 e. The average Bonchev–Trinajstić information content (AvgIpc) is 2.63. The summed E-state index contributed by atoms with van der Waals surface area (Å²) in [4.78, 5) is 10.8. The molecule has 0 radical (unpaired) electrons. The molecule has 1 aromatic rings. The summed E-state index contributed by atoms with van der Waals surface area (Å²) in [6.45, 7) is 4.04. The Morgan fingerprint density at radius 1 is 1.07 bits per heavy atom. The first-order chi connectivity index (χ1) is 12.9. The van der Waals surface area contributed by atoms with Crippen molar-refractivity contribution in [3.63, 3.8) is 0 Å². The number of carboxylic acid groups (broad SMARTS) is 1. The topological polar surface area (TPSA) is 72.5 Å². The highest BCUT2D eigenvalue weighted by Gasteiger charge is 2.24. The van der Waals surface area contributed by atoms with Crippen LogP contribution in [-0.4, -0.2) is 23.2 Å². The molecular weight excluding hydrogens is 338 g/mol. The Morgan fingerprint density at radius 3 is 2.26 bits per heavy atom. The second kappa shape index (κ2) is 11.3. The third kappa shape index (κ3) is 8.34. The van der Waals surface area contributed by atoms with E-state index in [1.54, 1.807) is 0 Å². The molecule has 152 valence electrons. The number of nitrogens with two attached hydrogens (primary N) is 1. The molecule has 0 aliphatic heterocycles. The zero-order valence-corrected chi connectivity index (χ0v) is 17.0. The summed E-state index contributed by atoms with van der Waals surface area (Å²) in [5, 5.41) is 8.93. The van der Waals surface area contributed by atoms with E-state index in [0.717, 1.165) is 25.0 Å². The van der Waals surface area contributed by atoms with E-state index in [2.05, 4.69) is 12.1 Å². The number of hydrogen-bond donors (Lipinski definition) is 2. The summed E-state index contributed by atoms with van der Waals surface area (Å²) in [5.41, 5.74) is 6.95. The minimum atomic E-state index is -0.670. The highest BCUT2D eigenvalue weighted by atomic mass is 16.5. The van der Waals surface area contributed by atoms with Crippen molar-refractivity contribution < 1.29 is 14.6 Å². The summed E-state index contributed by atoms with van der Waals surface area (Å²) >= 11 is 0. The van der Waals surface area contributed by atoms with Crippen molar-refractivity contribution in [1.29, 1.82) is 0 Å². The lowest BCUT2D eigenvalue weighted by atomic mass is 9.77. The van der Waals surface area contributed by atoms with Crippen LogP contribution in [0.3, 0.4) is 0 Å². The van der Waals surface area contributed by atoms with Gasteiger partial charge in [0.15, 0.2) is 0 Å². The van der Waals surface area contributed by atoms with Gasteiger partial charge in [-0.1, -0.05) is 37.8 Å². The molecular formula is C23H37NO3.